The summed E-state index contributed by atoms with van der Waals surface area (Å²) in [7, 11) is 0. The number of hydrazone groups is 1. The summed E-state index contributed by atoms with van der Waals surface area (Å²) in [5.74, 6) is 1.01. The Hall–Kier alpha value is -2.81. The molecule has 0 atom stereocenters. The van der Waals surface area contributed by atoms with Crippen LogP contribution in [0.5, 0.6) is 5.75 Å². The molecular weight excluding hydrogens is 256 g/mol. The molecule has 0 fully saturated rings. The monoisotopic (exact) mass is 270 g/mol. The molecule has 1 aromatic heterocycles. The Morgan fingerprint density at radius 1 is 1.40 bits per heavy atom. The van der Waals surface area contributed by atoms with Crippen molar-refractivity contribution in [1.29, 1.82) is 5.26 Å². The first-order valence-corrected chi connectivity index (χ1v) is 6.09. The molecule has 0 bridgehead atoms. The van der Waals surface area contributed by atoms with E-state index in [0.29, 0.717) is 5.89 Å². The zero-order chi connectivity index (χ0) is 14.5. The molecule has 2 N–H and O–H groups in total. The molecule has 0 aliphatic heterocycles. The number of oxazole rings is 1. The maximum Gasteiger partial charge on any atom is 0.252 e. The number of hydrogen-bond acceptors (Lipinski definition) is 6. The van der Waals surface area contributed by atoms with Crippen LogP contribution in [0.2, 0.25) is 0 Å². The first kappa shape index (κ1) is 13.6. The number of anilines is 1. The Balaban J connectivity index is 2.10. The van der Waals surface area contributed by atoms with Gasteiger partial charge in [-0.1, -0.05) is 13.8 Å². The molecule has 6 nitrogen and oxygen atoms in total. The largest absolute Gasteiger partial charge is 0.508 e. The minimum absolute atomic E-state index is 0.0960. The predicted octanol–water partition coefficient (Wildman–Crippen LogP) is 2.82. The van der Waals surface area contributed by atoms with Gasteiger partial charge in [-0.3, -0.25) is 0 Å². The Bertz CT molecular complexity index is 651. The zero-order valence-electron chi connectivity index (χ0n) is 11.2. The minimum atomic E-state index is 0.0960. The lowest BCUT2D eigenvalue weighted by Crippen LogP contribution is -1.91. The van der Waals surface area contributed by atoms with Gasteiger partial charge in [-0.25, -0.2) is 10.4 Å². The second-order valence-corrected chi connectivity index (χ2v) is 4.46. The highest BCUT2D eigenvalue weighted by molar-refractivity contribution is 5.80. The fourth-order valence-electron chi connectivity index (χ4n) is 1.46. The van der Waals surface area contributed by atoms with Gasteiger partial charge < -0.3 is 9.52 Å². The van der Waals surface area contributed by atoms with E-state index in [1.54, 1.807) is 30.5 Å². The Labute approximate surface area is 116 Å². The maximum atomic E-state index is 9.16. The molecule has 2 aromatic rings. The summed E-state index contributed by atoms with van der Waals surface area (Å²) in [5, 5.41) is 22.1. The Kier molecular flexibility index (Phi) is 4.01. The van der Waals surface area contributed by atoms with Gasteiger partial charge in [0.2, 0.25) is 11.6 Å². The topological polar surface area (TPSA) is 94.4 Å². The normalized spacial score (nSPS) is 10.9. The third-order valence-electron chi connectivity index (χ3n) is 2.52. The van der Waals surface area contributed by atoms with E-state index in [9.17, 15) is 0 Å². The SMILES string of the molecule is CC(C)c1nc(C#N)c(NN=Cc2ccc(O)cc2)o1. The number of nitrogens with zero attached hydrogens (tertiary/aromatic N) is 3. The van der Waals surface area contributed by atoms with Gasteiger partial charge in [-0.2, -0.15) is 10.4 Å². The fourth-order valence-corrected chi connectivity index (χ4v) is 1.46. The van der Waals surface area contributed by atoms with Gasteiger partial charge in [0.1, 0.15) is 11.8 Å². The number of rotatable bonds is 4. The van der Waals surface area contributed by atoms with Crippen LogP contribution in [0.3, 0.4) is 0 Å². The van der Waals surface area contributed by atoms with Crippen LogP contribution in [0.1, 0.15) is 36.9 Å². The lowest BCUT2D eigenvalue weighted by Gasteiger charge is -1.97. The molecule has 0 saturated carbocycles. The summed E-state index contributed by atoms with van der Waals surface area (Å²) >= 11 is 0. The number of phenolic OH excluding ortho intramolecular Hbond substituents is 1. The van der Waals surface area contributed by atoms with E-state index in [2.05, 4.69) is 15.5 Å². The third-order valence-corrected chi connectivity index (χ3v) is 2.52. The number of nitriles is 1. The van der Waals surface area contributed by atoms with E-state index in [1.807, 2.05) is 19.9 Å². The van der Waals surface area contributed by atoms with E-state index < -0.39 is 0 Å². The number of aromatic nitrogens is 1. The fraction of sp³-hybridized carbons (Fsp3) is 0.214. The van der Waals surface area contributed by atoms with Gasteiger partial charge in [0, 0.05) is 5.92 Å². The summed E-state index contributed by atoms with van der Waals surface area (Å²) in [4.78, 5) is 4.07. The van der Waals surface area contributed by atoms with E-state index >= 15 is 0 Å². The van der Waals surface area contributed by atoms with Crippen molar-refractivity contribution < 1.29 is 9.52 Å². The van der Waals surface area contributed by atoms with E-state index in [1.165, 1.54) is 0 Å². The highest BCUT2D eigenvalue weighted by Gasteiger charge is 2.14. The molecular formula is C14H14N4O2. The number of nitrogens with one attached hydrogen (secondary N) is 1. The molecule has 6 heteroatoms. The van der Waals surface area contributed by atoms with Crippen LogP contribution >= 0.6 is 0 Å². The van der Waals surface area contributed by atoms with Crippen LogP contribution in [-0.4, -0.2) is 16.3 Å². The highest BCUT2D eigenvalue weighted by Crippen LogP contribution is 2.21. The molecule has 1 aromatic carbocycles. The van der Waals surface area contributed by atoms with Crippen molar-refractivity contribution in [1.82, 2.24) is 4.98 Å². The number of hydrogen-bond donors (Lipinski definition) is 2. The summed E-state index contributed by atoms with van der Waals surface area (Å²) in [6.45, 7) is 3.85. The molecule has 0 radical (unpaired) electrons. The molecule has 0 spiro atoms. The smallest absolute Gasteiger partial charge is 0.252 e. The summed E-state index contributed by atoms with van der Waals surface area (Å²) in [5.41, 5.74) is 3.64. The average molecular weight is 270 g/mol. The maximum absolute atomic E-state index is 9.16. The zero-order valence-corrected chi connectivity index (χ0v) is 11.2. The van der Waals surface area contributed by atoms with Crippen molar-refractivity contribution in [3.8, 4) is 11.8 Å². The van der Waals surface area contributed by atoms with Gasteiger partial charge in [0.25, 0.3) is 5.88 Å². The molecule has 0 aliphatic carbocycles. The lowest BCUT2D eigenvalue weighted by atomic mass is 10.2. The van der Waals surface area contributed by atoms with Crippen LogP contribution in [-0.2, 0) is 0 Å². The lowest BCUT2D eigenvalue weighted by molar-refractivity contribution is 0.475. The quantitative estimate of drug-likeness (QED) is 0.658. The van der Waals surface area contributed by atoms with Gasteiger partial charge in [0.05, 0.1) is 6.21 Å². The molecule has 0 aliphatic rings. The predicted molar refractivity (Wildman–Crippen MR) is 74.6 cm³/mol. The molecule has 102 valence electrons. The number of aromatic hydroxyl groups is 1. The number of phenols is 1. The van der Waals surface area contributed by atoms with Crippen molar-refractivity contribution in [2.45, 2.75) is 19.8 Å². The third kappa shape index (κ3) is 3.14. The van der Waals surface area contributed by atoms with Crippen molar-refractivity contribution in [2.75, 3.05) is 5.43 Å². The van der Waals surface area contributed by atoms with Crippen LogP contribution in [0, 0.1) is 11.3 Å². The van der Waals surface area contributed by atoms with Crippen molar-refractivity contribution in [2.24, 2.45) is 5.10 Å². The second-order valence-electron chi connectivity index (χ2n) is 4.46. The molecule has 20 heavy (non-hydrogen) atoms. The van der Waals surface area contributed by atoms with Crippen molar-refractivity contribution >= 4 is 12.1 Å². The van der Waals surface area contributed by atoms with Crippen LogP contribution in [0.15, 0.2) is 33.8 Å². The van der Waals surface area contributed by atoms with Gasteiger partial charge in [-0.05, 0) is 29.8 Å². The Morgan fingerprint density at radius 2 is 2.10 bits per heavy atom. The minimum Gasteiger partial charge on any atom is -0.508 e. The molecule has 0 saturated heterocycles. The second kappa shape index (κ2) is 5.89. The van der Waals surface area contributed by atoms with Crippen LogP contribution < -0.4 is 5.43 Å². The first-order valence-electron chi connectivity index (χ1n) is 6.09. The summed E-state index contributed by atoms with van der Waals surface area (Å²) < 4.78 is 5.43. The standard InChI is InChI=1S/C14H14N4O2/c1-9(2)13-17-12(7-15)14(20-13)18-16-8-10-3-5-11(19)6-4-10/h3-6,8-9,18-19H,1-2H3. The molecule has 1 heterocycles. The summed E-state index contributed by atoms with van der Waals surface area (Å²) in [6, 6.07) is 8.51. The van der Waals surface area contributed by atoms with Gasteiger partial charge >= 0.3 is 0 Å². The van der Waals surface area contributed by atoms with Gasteiger partial charge in [0.15, 0.2) is 0 Å². The molecule has 2 rings (SSSR count). The first-order chi connectivity index (χ1) is 9.60. The summed E-state index contributed by atoms with van der Waals surface area (Å²) in [6.07, 6.45) is 1.55. The van der Waals surface area contributed by atoms with Crippen LogP contribution in [0.4, 0.5) is 5.88 Å². The molecule has 0 unspecified atom stereocenters. The van der Waals surface area contributed by atoms with Crippen LogP contribution in [0.25, 0.3) is 0 Å². The van der Waals surface area contributed by atoms with E-state index in [4.69, 9.17) is 14.8 Å². The Morgan fingerprint density at radius 3 is 2.70 bits per heavy atom. The van der Waals surface area contributed by atoms with Crippen molar-refractivity contribution in [3.05, 3.63) is 41.4 Å². The average Bonchev–Trinajstić information content (AvgIpc) is 2.84. The van der Waals surface area contributed by atoms with Gasteiger partial charge in [-0.15, -0.1) is 0 Å². The molecule has 0 amide bonds. The number of benzene rings is 1. The van der Waals surface area contributed by atoms with E-state index in [-0.39, 0.29) is 23.2 Å². The van der Waals surface area contributed by atoms with Crippen molar-refractivity contribution in [3.63, 3.8) is 0 Å². The van der Waals surface area contributed by atoms with E-state index in [0.717, 1.165) is 5.56 Å². The highest BCUT2D eigenvalue weighted by atomic mass is 16.4.